The Balaban J connectivity index is 1.70. The van der Waals surface area contributed by atoms with E-state index >= 15 is 0 Å². The molecule has 0 atom stereocenters. The summed E-state index contributed by atoms with van der Waals surface area (Å²) in [6.07, 6.45) is 2.50. The minimum Gasteiger partial charge on any atom is -0.497 e. The number of thioether (sulfide) groups is 1. The van der Waals surface area contributed by atoms with Crippen LogP contribution in [0.4, 0.5) is 0 Å². The van der Waals surface area contributed by atoms with Gasteiger partial charge in [0.05, 0.1) is 12.0 Å². The number of nitrogens with zero attached hydrogens (tertiary/aromatic N) is 1. The van der Waals surface area contributed by atoms with Gasteiger partial charge in [-0.05, 0) is 62.1 Å². The van der Waals surface area contributed by atoms with Crippen molar-refractivity contribution in [2.45, 2.75) is 22.6 Å². The van der Waals surface area contributed by atoms with Gasteiger partial charge in [0.25, 0.3) is 0 Å². The molecule has 0 saturated carbocycles. The van der Waals surface area contributed by atoms with E-state index < -0.39 is 0 Å². The van der Waals surface area contributed by atoms with Gasteiger partial charge in [0.1, 0.15) is 5.75 Å². The first kappa shape index (κ1) is 13.6. The average molecular weight is 296 g/mol. The van der Waals surface area contributed by atoms with Crippen molar-refractivity contribution in [3.63, 3.8) is 0 Å². The molecule has 2 heterocycles. The van der Waals surface area contributed by atoms with E-state index in [0.717, 1.165) is 18.8 Å². The van der Waals surface area contributed by atoms with E-state index in [4.69, 9.17) is 4.74 Å². The lowest BCUT2D eigenvalue weighted by molar-refractivity contribution is 0.272. The summed E-state index contributed by atoms with van der Waals surface area (Å²) in [5.41, 5.74) is 0. The molecule has 2 saturated heterocycles. The van der Waals surface area contributed by atoms with E-state index in [1.165, 1.54) is 30.0 Å². The average Bonchev–Trinajstić information content (AvgIpc) is 2.83. The van der Waals surface area contributed by atoms with Gasteiger partial charge in [0, 0.05) is 17.2 Å². The molecule has 0 bridgehead atoms. The fraction of sp³-hybridized carbons (Fsp3) is 0.571. The standard InChI is InChI=1S/C14H20N2OS2/c1-17-12-2-4-13(5-3-12)19-16-10-11-18-14(16)6-8-15-9-7-14/h2-5,15H,6-11H2,1H3. The third-order valence-corrected chi connectivity index (χ3v) is 6.68. The molecule has 0 aromatic heterocycles. The molecule has 3 nitrogen and oxygen atoms in total. The maximum absolute atomic E-state index is 5.21. The van der Waals surface area contributed by atoms with Gasteiger partial charge in [0.2, 0.25) is 0 Å². The summed E-state index contributed by atoms with van der Waals surface area (Å²) < 4.78 is 7.81. The van der Waals surface area contributed by atoms with Gasteiger partial charge in [-0.3, -0.25) is 0 Å². The van der Waals surface area contributed by atoms with E-state index in [-0.39, 0.29) is 0 Å². The quantitative estimate of drug-likeness (QED) is 0.865. The number of rotatable bonds is 3. The molecule has 3 rings (SSSR count). The highest BCUT2D eigenvalue weighted by molar-refractivity contribution is 8.03. The maximum atomic E-state index is 5.21. The van der Waals surface area contributed by atoms with E-state index in [2.05, 4.69) is 33.5 Å². The second-order valence-corrected chi connectivity index (χ2v) is 7.47. The van der Waals surface area contributed by atoms with E-state index in [1.54, 1.807) is 7.11 Å². The van der Waals surface area contributed by atoms with Crippen molar-refractivity contribution in [3.05, 3.63) is 24.3 Å². The molecule has 0 unspecified atom stereocenters. The topological polar surface area (TPSA) is 24.5 Å². The lowest BCUT2D eigenvalue weighted by Gasteiger charge is -2.39. The Kier molecular flexibility index (Phi) is 4.27. The number of benzene rings is 1. The van der Waals surface area contributed by atoms with Gasteiger partial charge in [-0.2, -0.15) is 0 Å². The smallest absolute Gasteiger partial charge is 0.118 e. The van der Waals surface area contributed by atoms with Crippen LogP contribution in [0.3, 0.4) is 0 Å². The largest absolute Gasteiger partial charge is 0.497 e. The van der Waals surface area contributed by atoms with Crippen LogP contribution in [0, 0.1) is 0 Å². The Hall–Kier alpha value is -0.360. The van der Waals surface area contributed by atoms with Crippen molar-refractivity contribution >= 4 is 23.7 Å². The van der Waals surface area contributed by atoms with Gasteiger partial charge in [0.15, 0.2) is 0 Å². The molecule has 1 spiro atoms. The summed E-state index contributed by atoms with van der Waals surface area (Å²) in [7, 11) is 1.71. The highest BCUT2D eigenvalue weighted by Crippen LogP contribution is 2.47. The van der Waals surface area contributed by atoms with Crippen LogP contribution >= 0.6 is 23.7 Å². The maximum Gasteiger partial charge on any atom is 0.118 e. The monoisotopic (exact) mass is 296 g/mol. The first-order valence-corrected chi connectivity index (χ1v) is 8.53. The highest BCUT2D eigenvalue weighted by Gasteiger charge is 2.43. The lowest BCUT2D eigenvalue weighted by atomic mass is 10.1. The fourth-order valence-corrected chi connectivity index (χ4v) is 5.51. The number of ether oxygens (including phenoxy) is 1. The molecule has 1 N–H and O–H groups in total. The van der Waals surface area contributed by atoms with E-state index in [0.29, 0.717) is 4.87 Å². The second-order valence-electron chi connectivity index (χ2n) is 4.91. The van der Waals surface area contributed by atoms with Gasteiger partial charge < -0.3 is 10.1 Å². The lowest BCUT2D eigenvalue weighted by Crippen LogP contribution is -2.46. The van der Waals surface area contributed by atoms with Crippen molar-refractivity contribution in [1.29, 1.82) is 0 Å². The van der Waals surface area contributed by atoms with E-state index in [9.17, 15) is 0 Å². The molecule has 0 radical (unpaired) electrons. The molecule has 0 amide bonds. The Morgan fingerprint density at radius 1 is 1.26 bits per heavy atom. The van der Waals surface area contributed by atoms with Gasteiger partial charge in [-0.15, -0.1) is 11.8 Å². The second kappa shape index (κ2) is 5.95. The SMILES string of the molecule is COc1ccc(SN2CCSC23CCNCC3)cc1. The van der Waals surface area contributed by atoms with Crippen molar-refractivity contribution in [1.82, 2.24) is 9.62 Å². The van der Waals surface area contributed by atoms with Crippen molar-refractivity contribution in [2.24, 2.45) is 0 Å². The minimum absolute atomic E-state index is 0.357. The van der Waals surface area contributed by atoms with Crippen molar-refractivity contribution < 1.29 is 4.74 Å². The van der Waals surface area contributed by atoms with Crippen LogP contribution in [-0.2, 0) is 0 Å². The molecule has 104 valence electrons. The summed E-state index contributed by atoms with van der Waals surface area (Å²) in [4.78, 5) is 1.66. The summed E-state index contributed by atoms with van der Waals surface area (Å²) in [6.45, 7) is 3.47. The van der Waals surface area contributed by atoms with Gasteiger partial charge in [-0.1, -0.05) is 0 Å². The molecular formula is C14H20N2OS2. The van der Waals surface area contributed by atoms with Gasteiger partial charge >= 0.3 is 0 Å². The predicted molar refractivity (Wildman–Crippen MR) is 82.8 cm³/mol. The summed E-state index contributed by atoms with van der Waals surface area (Å²) in [6, 6.07) is 8.39. The van der Waals surface area contributed by atoms with Crippen LogP contribution in [0.2, 0.25) is 0 Å². The van der Waals surface area contributed by atoms with Crippen LogP contribution in [0.15, 0.2) is 29.2 Å². The molecule has 2 fully saturated rings. The fourth-order valence-electron chi connectivity index (χ4n) is 2.70. The Morgan fingerprint density at radius 3 is 2.68 bits per heavy atom. The molecule has 19 heavy (non-hydrogen) atoms. The summed E-state index contributed by atoms with van der Waals surface area (Å²) in [5.74, 6) is 2.18. The summed E-state index contributed by atoms with van der Waals surface area (Å²) >= 11 is 4.05. The first-order chi connectivity index (χ1) is 9.32. The van der Waals surface area contributed by atoms with Crippen LogP contribution in [0.1, 0.15) is 12.8 Å². The van der Waals surface area contributed by atoms with Crippen LogP contribution in [0.25, 0.3) is 0 Å². The predicted octanol–water partition coefficient (Wildman–Crippen LogP) is 2.83. The Labute approximate surface area is 123 Å². The van der Waals surface area contributed by atoms with Crippen LogP contribution < -0.4 is 10.1 Å². The minimum atomic E-state index is 0.357. The number of hydrogen-bond acceptors (Lipinski definition) is 5. The highest BCUT2D eigenvalue weighted by atomic mass is 32.2. The van der Waals surface area contributed by atoms with E-state index in [1.807, 2.05) is 24.1 Å². The number of methoxy groups -OCH3 is 1. The Morgan fingerprint density at radius 2 is 2.00 bits per heavy atom. The zero-order valence-electron chi connectivity index (χ0n) is 11.2. The molecule has 5 heteroatoms. The van der Waals surface area contributed by atoms with Gasteiger partial charge in [-0.25, -0.2) is 4.31 Å². The zero-order valence-corrected chi connectivity index (χ0v) is 12.9. The number of piperidine rings is 1. The van der Waals surface area contributed by atoms with Crippen molar-refractivity contribution in [3.8, 4) is 5.75 Å². The van der Waals surface area contributed by atoms with Crippen molar-refractivity contribution in [2.75, 3.05) is 32.5 Å². The third-order valence-electron chi connectivity index (χ3n) is 3.78. The number of hydrogen-bond donors (Lipinski definition) is 1. The first-order valence-electron chi connectivity index (χ1n) is 6.77. The summed E-state index contributed by atoms with van der Waals surface area (Å²) in [5, 5.41) is 3.47. The molecule has 0 aliphatic carbocycles. The molecule has 2 aliphatic rings. The molecule has 2 aliphatic heterocycles. The van der Waals surface area contributed by atoms with Crippen LogP contribution in [0.5, 0.6) is 5.75 Å². The van der Waals surface area contributed by atoms with Crippen LogP contribution in [-0.4, -0.2) is 41.7 Å². The zero-order chi connectivity index (χ0) is 13.1. The number of nitrogens with one attached hydrogen (secondary N) is 1. The molecule has 1 aromatic carbocycles. The molecule has 1 aromatic rings. The normalized spacial score (nSPS) is 22.8. The molecular weight excluding hydrogens is 276 g/mol. The third kappa shape index (κ3) is 2.89. The Bertz CT molecular complexity index is 418.